The van der Waals surface area contributed by atoms with E-state index >= 15 is 0 Å². The minimum absolute atomic E-state index is 0.0843. The number of esters is 1. The summed E-state index contributed by atoms with van der Waals surface area (Å²) in [5, 5.41) is 10.4. The Balaban J connectivity index is 2.05. The van der Waals surface area contributed by atoms with Gasteiger partial charge in [-0.05, 0) is 38.8 Å². The zero-order valence-corrected chi connectivity index (χ0v) is 12.0. The smallest absolute Gasteiger partial charge is 0.351 e. The van der Waals surface area contributed by atoms with Crippen molar-refractivity contribution in [2.45, 2.75) is 45.3 Å². The number of hydrogen-bond acceptors (Lipinski definition) is 4. The summed E-state index contributed by atoms with van der Waals surface area (Å²) in [6.07, 6.45) is 2.08. The summed E-state index contributed by atoms with van der Waals surface area (Å²) < 4.78 is 5.57. The second kappa shape index (κ2) is 5.52. The lowest BCUT2D eigenvalue weighted by atomic mass is 9.85. The molecule has 2 bridgehead atoms. The van der Waals surface area contributed by atoms with Crippen LogP contribution in [0.3, 0.4) is 0 Å². The van der Waals surface area contributed by atoms with E-state index in [2.05, 4.69) is 16.7 Å². The Hall–Kier alpha value is -1.05. The Kier molecular flexibility index (Phi) is 4.17. The maximum Gasteiger partial charge on any atom is 0.351 e. The molecule has 0 unspecified atom stereocenters. The van der Waals surface area contributed by atoms with Gasteiger partial charge in [0, 0.05) is 12.5 Å². The monoisotopic (exact) mass is 265 g/mol. The van der Waals surface area contributed by atoms with E-state index in [4.69, 9.17) is 4.74 Å². The van der Waals surface area contributed by atoms with Crippen molar-refractivity contribution in [3.8, 4) is 11.8 Å². The molecule has 106 valence electrons. The molecule has 4 heteroatoms. The van der Waals surface area contributed by atoms with Crippen LogP contribution in [0.1, 0.15) is 33.6 Å². The first kappa shape index (κ1) is 14.4. The molecular formula is C15H23NO3. The molecule has 0 spiro atoms. The number of carbonyl (C=O) groups excluding carboxylic acids is 1. The van der Waals surface area contributed by atoms with Gasteiger partial charge in [0.2, 0.25) is 5.60 Å². The summed E-state index contributed by atoms with van der Waals surface area (Å²) in [4.78, 5) is 14.6. The third-order valence-electron chi connectivity index (χ3n) is 4.32. The Bertz CT molecular complexity index is 401. The van der Waals surface area contributed by atoms with Gasteiger partial charge in [0.1, 0.15) is 6.10 Å². The molecule has 3 fully saturated rings. The average molecular weight is 265 g/mol. The van der Waals surface area contributed by atoms with Gasteiger partial charge >= 0.3 is 5.97 Å². The number of fused-ring (bicyclic) bond motifs is 3. The quantitative estimate of drug-likeness (QED) is 0.612. The van der Waals surface area contributed by atoms with Crippen LogP contribution in [0.25, 0.3) is 0 Å². The molecule has 3 heterocycles. The zero-order valence-electron chi connectivity index (χ0n) is 12.0. The number of aliphatic hydroxyl groups is 1. The highest BCUT2D eigenvalue weighted by molar-refractivity contribution is 5.83. The molecule has 3 aliphatic rings. The van der Waals surface area contributed by atoms with E-state index in [9.17, 15) is 9.90 Å². The molecule has 2 atom stereocenters. The Morgan fingerprint density at radius 3 is 2.47 bits per heavy atom. The van der Waals surface area contributed by atoms with Crippen LogP contribution >= 0.6 is 0 Å². The topological polar surface area (TPSA) is 49.8 Å². The van der Waals surface area contributed by atoms with Crippen molar-refractivity contribution < 1.29 is 14.6 Å². The van der Waals surface area contributed by atoms with Gasteiger partial charge in [0.05, 0.1) is 0 Å². The Morgan fingerprint density at radius 1 is 1.42 bits per heavy atom. The predicted molar refractivity (Wildman–Crippen MR) is 72.3 cm³/mol. The number of ether oxygens (including phenoxy) is 1. The van der Waals surface area contributed by atoms with E-state index in [1.165, 1.54) is 0 Å². The minimum Gasteiger partial charge on any atom is -0.458 e. The van der Waals surface area contributed by atoms with Gasteiger partial charge in [-0.15, -0.1) is 5.92 Å². The van der Waals surface area contributed by atoms with Crippen molar-refractivity contribution in [2.24, 2.45) is 11.8 Å². The van der Waals surface area contributed by atoms with Crippen LogP contribution in [0.15, 0.2) is 0 Å². The van der Waals surface area contributed by atoms with Crippen molar-refractivity contribution in [2.75, 3.05) is 19.6 Å². The summed E-state index contributed by atoms with van der Waals surface area (Å²) in [5.41, 5.74) is -1.68. The number of piperidine rings is 3. The van der Waals surface area contributed by atoms with Crippen molar-refractivity contribution in [3.05, 3.63) is 0 Å². The molecule has 3 rings (SSSR count). The molecule has 0 amide bonds. The zero-order chi connectivity index (χ0) is 14.0. The Labute approximate surface area is 115 Å². The molecule has 19 heavy (non-hydrogen) atoms. The first-order chi connectivity index (χ1) is 8.97. The molecule has 0 aromatic rings. The highest BCUT2D eigenvalue weighted by Gasteiger charge is 2.43. The van der Waals surface area contributed by atoms with Crippen LogP contribution in [0.4, 0.5) is 0 Å². The first-order valence-corrected chi connectivity index (χ1v) is 7.07. The Morgan fingerprint density at radius 2 is 2.05 bits per heavy atom. The lowest BCUT2D eigenvalue weighted by Gasteiger charge is -2.44. The van der Waals surface area contributed by atoms with Crippen LogP contribution < -0.4 is 0 Å². The van der Waals surface area contributed by atoms with E-state index in [1.54, 1.807) is 20.8 Å². The fraction of sp³-hybridized carbons (Fsp3) is 0.800. The van der Waals surface area contributed by atoms with Crippen LogP contribution in [0.2, 0.25) is 0 Å². The molecule has 4 nitrogen and oxygen atoms in total. The number of carbonyl (C=O) groups is 1. The van der Waals surface area contributed by atoms with Gasteiger partial charge in [-0.25, -0.2) is 4.79 Å². The van der Waals surface area contributed by atoms with Gasteiger partial charge in [-0.2, -0.15) is 0 Å². The van der Waals surface area contributed by atoms with Gasteiger partial charge in [-0.3, -0.25) is 4.90 Å². The number of rotatable bonds is 3. The summed E-state index contributed by atoms with van der Waals surface area (Å²) in [5.74, 6) is 4.81. The highest BCUT2D eigenvalue weighted by atomic mass is 16.6. The van der Waals surface area contributed by atoms with E-state index in [0.29, 0.717) is 5.92 Å². The minimum atomic E-state index is -1.68. The van der Waals surface area contributed by atoms with E-state index < -0.39 is 11.6 Å². The van der Waals surface area contributed by atoms with Crippen molar-refractivity contribution >= 4 is 5.97 Å². The summed E-state index contributed by atoms with van der Waals surface area (Å²) in [6.45, 7) is 8.17. The van der Waals surface area contributed by atoms with Gasteiger partial charge in [-0.1, -0.05) is 19.8 Å². The number of nitrogens with zero attached hydrogens (tertiary/aromatic N) is 1. The predicted octanol–water partition coefficient (Wildman–Crippen LogP) is 1.03. The molecule has 0 saturated carbocycles. The standard InChI is InChI=1S/C15H23NO3/c1-4-7-15(18,11(2)3)14(17)19-13-10-16-8-5-12(13)6-9-16/h11-13,18H,5-6,8-10H2,1-3H3/t13-,15-/m1/s1. The normalized spacial score (nSPS) is 32.4. The van der Waals surface area contributed by atoms with Gasteiger partial charge < -0.3 is 9.84 Å². The molecule has 0 aromatic heterocycles. The van der Waals surface area contributed by atoms with Crippen LogP contribution in [-0.2, 0) is 9.53 Å². The lowest BCUT2D eigenvalue weighted by Crippen LogP contribution is -2.54. The maximum atomic E-state index is 12.2. The van der Waals surface area contributed by atoms with E-state index in [-0.39, 0.29) is 12.0 Å². The summed E-state index contributed by atoms with van der Waals surface area (Å²) in [7, 11) is 0. The molecule has 0 radical (unpaired) electrons. The average Bonchev–Trinajstić information content (AvgIpc) is 2.40. The first-order valence-electron chi connectivity index (χ1n) is 7.07. The van der Waals surface area contributed by atoms with Crippen molar-refractivity contribution in [1.82, 2.24) is 4.90 Å². The second-order valence-electron chi connectivity index (χ2n) is 5.88. The van der Waals surface area contributed by atoms with Crippen molar-refractivity contribution in [1.29, 1.82) is 0 Å². The number of hydrogen-bond donors (Lipinski definition) is 1. The van der Waals surface area contributed by atoms with Crippen LogP contribution in [-0.4, -0.2) is 47.3 Å². The third-order valence-corrected chi connectivity index (χ3v) is 4.32. The molecule has 0 aromatic carbocycles. The molecule has 1 N–H and O–H groups in total. The molecular weight excluding hydrogens is 242 g/mol. The highest BCUT2D eigenvalue weighted by Crippen LogP contribution is 2.31. The van der Waals surface area contributed by atoms with Crippen molar-refractivity contribution in [3.63, 3.8) is 0 Å². The SMILES string of the molecule is CC#C[C@](O)(C(=O)O[C@@H]1CN2CCC1CC2)C(C)C. The molecule has 3 saturated heterocycles. The molecule has 0 aliphatic carbocycles. The molecule has 3 aliphatic heterocycles. The van der Waals surface area contributed by atoms with Gasteiger partial charge in [0.25, 0.3) is 0 Å². The van der Waals surface area contributed by atoms with Crippen LogP contribution in [0, 0.1) is 23.7 Å². The maximum absolute atomic E-state index is 12.2. The van der Waals surface area contributed by atoms with E-state index in [1.807, 2.05) is 0 Å². The lowest BCUT2D eigenvalue weighted by molar-refractivity contribution is -0.177. The van der Waals surface area contributed by atoms with E-state index in [0.717, 1.165) is 32.5 Å². The fourth-order valence-electron chi connectivity index (χ4n) is 2.89. The summed E-state index contributed by atoms with van der Waals surface area (Å²) in [6, 6.07) is 0. The second-order valence-corrected chi connectivity index (χ2v) is 5.88. The summed E-state index contributed by atoms with van der Waals surface area (Å²) >= 11 is 0. The third kappa shape index (κ3) is 2.77. The van der Waals surface area contributed by atoms with Crippen LogP contribution in [0.5, 0.6) is 0 Å². The fourth-order valence-corrected chi connectivity index (χ4v) is 2.89. The van der Waals surface area contributed by atoms with Gasteiger partial charge in [0.15, 0.2) is 0 Å². The largest absolute Gasteiger partial charge is 0.458 e.